The molecule has 4 aromatic rings. The first-order valence-corrected chi connectivity index (χ1v) is 10.5. The van der Waals surface area contributed by atoms with E-state index in [1.165, 1.54) is 31.0 Å². The molecular formula is C23H21ClFN5O4. The molecule has 0 unspecified atom stereocenters. The highest BCUT2D eigenvalue weighted by Crippen LogP contribution is 2.36. The fraction of sp³-hybridized carbons (Fsp3) is 0.174. The van der Waals surface area contributed by atoms with Crippen molar-refractivity contribution < 1.29 is 23.4 Å². The van der Waals surface area contributed by atoms with Gasteiger partial charge in [-0.05, 0) is 35.9 Å². The monoisotopic (exact) mass is 485 g/mol. The first-order valence-electron chi connectivity index (χ1n) is 10.1. The van der Waals surface area contributed by atoms with Crippen LogP contribution in [0.1, 0.15) is 16.1 Å². The van der Waals surface area contributed by atoms with Crippen LogP contribution < -0.4 is 19.5 Å². The smallest absolute Gasteiger partial charge is 0.277 e. The van der Waals surface area contributed by atoms with E-state index in [2.05, 4.69) is 15.5 Å². The summed E-state index contributed by atoms with van der Waals surface area (Å²) in [4.78, 5) is 12.6. The quantitative estimate of drug-likeness (QED) is 0.381. The third-order valence-electron chi connectivity index (χ3n) is 4.83. The number of hydrogen-bond acceptors (Lipinski definition) is 6. The number of methoxy groups -OCH3 is 2. The number of ether oxygens (including phenoxy) is 3. The summed E-state index contributed by atoms with van der Waals surface area (Å²) in [6.07, 6.45) is 3.30. The summed E-state index contributed by atoms with van der Waals surface area (Å²) in [5.74, 6) is 0.963. The predicted octanol–water partition coefficient (Wildman–Crippen LogP) is 4.23. The molecule has 4 rings (SSSR count). The van der Waals surface area contributed by atoms with Gasteiger partial charge in [0.2, 0.25) is 5.75 Å². The average Bonchev–Trinajstić information content (AvgIpc) is 3.49. The van der Waals surface area contributed by atoms with Crippen molar-refractivity contribution in [2.75, 3.05) is 19.5 Å². The molecule has 0 aliphatic heterocycles. The van der Waals surface area contributed by atoms with Crippen molar-refractivity contribution in [2.24, 2.45) is 0 Å². The third kappa shape index (κ3) is 5.29. The maximum atomic E-state index is 13.2. The van der Waals surface area contributed by atoms with E-state index in [1.54, 1.807) is 53.5 Å². The number of carbonyl (C=O) groups is 1. The summed E-state index contributed by atoms with van der Waals surface area (Å²) in [5, 5.41) is 11.5. The van der Waals surface area contributed by atoms with Crippen LogP contribution in [0.5, 0.6) is 17.2 Å². The Balaban J connectivity index is 1.37. The molecule has 0 spiro atoms. The number of amides is 1. The molecule has 11 heteroatoms. The van der Waals surface area contributed by atoms with Crippen LogP contribution in [-0.4, -0.2) is 39.7 Å². The second kappa shape index (κ2) is 10.3. The number of para-hydroxylation sites is 1. The zero-order chi connectivity index (χ0) is 24.1. The molecule has 34 heavy (non-hydrogen) atoms. The fourth-order valence-corrected chi connectivity index (χ4v) is 3.39. The van der Waals surface area contributed by atoms with Gasteiger partial charge in [0.1, 0.15) is 5.82 Å². The predicted molar refractivity (Wildman–Crippen MR) is 123 cm³/mol. The van der Waals surface area contributed by atoms with Crippen LogP contribution >= 0.6 is 11.6 Å². The van der Waals surface area contributed by atoms with Crippen LogP contribution in [0.15, 0.2) is 60.9 Å². The minimum absolute atomic E-state index is 0.0388. The van der Waals surface area contributed by atoms with Gasteiger partial charge < -0.3 is 19.5 Å². The summed E-state index contributed by atoms with van der Waals surface area (Å²) in [7, 11) is 3.07. The SMILES string of the molecule is COc1cccc(OC)c1OCn1ccc(C(=O)Nc2ccn(Cc3ccc(F)cc3Cl)n2)n1. The number of aromatic nitrogens is 4. The number of carbonyl (C=O) groups excluding carboxylic acids is 1. The molecule has 0 radical (unpaired) electrons. The Bertz CT molecular complexity index is 1280. The van der Waals surface area contributed by atoms with E-state index in [0.717, 1.165) is 0 Å². The van der Waals surface area contributed by atoms with E-state index in [1.807, 2.05) is 0 Å². The molecular weight excluding hydrogens is 465 g/mol. The van der Waals surface area contributed by atoms with Crippen LogP contribution in [0.25, 0.3) is 0 Å². The average molecular weight is 486 g/mol. The maximum Gasteiger partial charge on any atom is 0.277 e. The lowest BCUT2D eigenvalue weighted by Gasteiger charge is -2.13. The minimum Gasteiger partial charge on any atom is -0.493 e. The van der Waals surface area contributed by atoms with Gasteiger partial charge in [-0.2, -0.15) is 10.2 Å². The van der Waals surface area contributed by atoms with E-state index in [4.69, 9.17) is 25.8 Å². The molecule has 2 aromatic heterocycles. The number of hydrogen-bond donors (Lipinski definition) is 1. The van der Waals surface area contributed by atoms with Gasteiger partial charge in [-0.15, -0.1) is 0 Å². The zero-order valence-corrected chi connectivity index (χ0v) is 19.1. The van der Waals surface area contributed by atoms with Crippen LogP contribution in [0, 0.1) is 5.82 Å². The van der Waals surface area contributed by atoms with Crippen molar-refractivity contribution in [3.8, 4) is 17.2 Å². The Hall–Kier alpha value is -4.05. The van der Waals surface area contributed by atoms with Crippen molar-refractivity contribution in [2.45, 2.75) is 13.3 Å². The summed E-state index contributed by atoms with van der Waals surface area (Å²) < 4.78 is 32.7. The minimum atomic E-state index is -0.432. The maximum absolute atomic E-state index is 13.2. The second-order valence-corrected chi connectivity index (χ2v) is 7.50. The lowest BCUT2D eigenvalue weighted by atomic mass is 10.2. The molecule has 0 saturated carbocycles. The van der Waals surface area contributed by atoms with Crippen molar-refractivity contribution in [1.29, 1.82) is 0 Å². The van der Waals surface area contributed by atoms with Crippen molar-refractivity contribution in [3.05, 3.63) is 83.0 Å². The zero-order valence-electron chi connectivity index (χ0n) is 18.4. The van der Waals surface area contributed by atoms with Crippen molar-refractivity contribution in [1.82, 2.24) is 19.6 Å². The van der Waals surface area contributed by atoms with Crippen LogP contribution in [0.3, 0.4) is 0 Å². The van der Waals surface area contributed by atoms with Crippen LogP contribution in [0.2, 0.25) is 5.02 Å². The number of halogens is 2. The molecule has 9 nitrogen and oxygen atoms in total. The molecule has 1 amide bonds. The van der Waals surface area contributed by atoms with Crippen molar-refractivity contribution >= 4 is 23.3 Å². The Morgan fingerprint density at radius 1 is 1.03 bits per heavy atom. The van der Waals surface area contributed by atoms with Gasteiger partial charge in [0, 0.05) is 23.5 Å². The largest absolute Gasteiger partial charge is 0.493 e. The summed E-state index contributed by atoms with van der Waals surface area (Å²) >= 11 is 6.07. The Morgan fingerprint density at radius 3 is 2.47 bits per heavy atom. The van der Waals surface area contributed by atoms with Gasteiger partial charge in [0.15, 0.2) is 29.7 Å². The molecule has 176 valence electrons. The molecule has 0 aliphatic rings. The standard InChI is InChI=1S/C23H21ClFN5O4/c1-32-19-4-3-5-20(33-2)22(19)34-14-30-10-8-18(27-30)23(31)26-21-9-11-29(28-21)13-15-6-7-16(25)12-17(15)24/h3-12H,13-14H2,1-2H3,(H,26,28,31). The fourth-order valence-electron chi connectivity index (χ4n) is 3.17. The van der Waals surface area contributed by atoms with Gasteiger partial charge >= 0.3 is 0 Å². The summed E-state index contributed by atoms with van der Waals surface area (Å²) in [6, 6.07) is 12.7. The second-order valence-electron chi connectivity index (χ2n) is 7.09. The Labute approximate surface area is 199 Å². The van der Waals surface area contributed by atoms with Crippen LogP contribution in [0.4, 0.5) is 10.2 Å². The Morgan fingerprint density at radius 2 is 1.76 bits per heavy atom. The van der Waals surface area contributed by atoms with E-state index in [9.17, 15) is 9.18 Å². The molecule has 0 atom stereocenters. The van der Waals surface area contributed by atoms with E-state index >= 15 is 0 Å². The third-order valence-corrected chi connectivity index (χ3v) is 5.18. The normalized spacial score (nSPS) is 10.7. The van der Waals surface area contributed by atoms with Gasteiger partial charge in [-0.1, -0.05) is 23.7 Å². The van der Waals surface area contributed by atoms with Gasteiger partial charge in [0.05, 0.1) is 20.8 Å². The number of anilines is 1. The van der Waals surface area contributed by atoms with Crippen molar-refractivity contribution in [3.63, 3.8) is 0 Å². The number of rotatable bonds is 9. The molecule has 0 fully saturated rings. The van der Waals surface area contributed by atoms with E-state index < -0.39 is 11.7 Å². The molecule has 0 aliphatic carbocycles. The Kier molecular flexibility index (Phi) is 6.98. The highest BCUT2D eigenvalue weighted by atomic mass is 35.5. The first kappa shape index (κ1) is 23.1. The highest BCUT2D eigenvalue weighted by Gasteiger charge is 2.14. The lowest BCUT2D eigenvalue weighted by Crippen LogP contribution is -2.15. The highest BCUT2D eigenvalue weighted by molar-refractivity contribution is 6.31. The molecule has 1 N–H and O–H groups in total. The molecule has 0 saturated heterocycles. The molecule has 2 aromatic carbocycles. The number of nitrogens with one attached hydrogen (secondary N) is 1. The molecule has 2 heterocycles. The summed E-state index contributed by atoms with van der Waals surface area (Å²) in [5.41, 5.74) is 0.890. The molecule has 0 bridgehead atoms. The van der Waals surface area contributed by atoms with Gasteiger partial charge in [0.25, 0.3) is 5.91 Å². The number of nitrogens with zero attached hydrogens (tertiary/aromatic N) is 4. The summed E-state index contributed by atoms with van der Waals surface area (Å²) in [6.45, 7) is 0.366. The lowest BCUT2D eigenvalue weighted by molar-refractivity contribution is 0.101. The van der Waals surface area contributed by atoms with Gasteiger partial charge in [-0.3, -0.25) is 9.48 Å². The van der Waals surface area contributed by atoms with Gasteiger partial charge in [-0.25, -0.2) is 9.07 Å². The number of benzene rings is 2. The van der Waals surface area contributed by atoms with Crippen LogP contribution in [-0.2, 0) is 13.3 Å². The topological polar surface area (TPSA) is 92.4 Å². The first-order chi connectivity index (χ1) is 16.5. The van der Waals surface area contributed by atoms with E-state index in [-0.39, 0.29) is 12.4 Å². The van der Waals surface area contributed by atoms with E-state index in [0.29, 0.717) is 40.2 Å².